The van der Waals surface area contributed by atoms with E-state index in [1.807, 2.05) is 53.2 Å². The van der Waals surface area contributed by atoms with E-state index in [0.29, 0.717) is 28.8 Å². The molecule has 7 heteroatoms. The number of rotatable bonds is 6. The predicted octanol–water partition coefficient (Wildman–Crippen LogP) is 6.75. The van der Waals surface area contributed by atoms with Crippen molar-refractivity contribution in [3.05, 3.63) is 69.8 Å². The topological polar surface area (TPSA) is 46.9 Å². The van der Waals surface area contributed by atoms with E-state index in [-0.39, 0.29) is 11.9 Å². The van der Waals surface area contributed by atoms with Gasteiger partial charge in [0.1, 0.15) is 0 Å². The van der Waals surface area contributed by atoms with Crippen LogP contribution in [0.2, 0.25) is 10.0 Å². The molecule has 0 fully saturated rings. The van der Waals surface area contributed by atoms with E-state index in [1.165, 1.54) is 0 Å². The molecule has 1 N–H and O–H groups in total. The van der Waals surface area contributed by atoms with E-state index in [0.717, 1.165) is 53.9 Å². The molecule has 162 valence electrons. The molecule has 0 radical (unpaired) electrons. The number of nitrogens with one attached hydrogen (secondary N) is 1. The zero-order chi connectivity index (χ0) is 21.8. The highest BCUT2D eigenvalue weighted by Gasteiger charge is 2.29. The Bertz CT molecular complexity index is 1060. The molecule has 3 aromatic rings. The second-order valence-corrected chi connectivity index (χ2v) is 8.96. The first-order chi connectivity index (χ1) is 15.1. The van der Waals surface area contributed by atoms with Gasteiger partial charge in [-0.3, -0.25) is 4.79 Å². The summed E-state index contributed by atoms with van der Waals surface area (Å²) < 4.78 is 1.92. The van der Waals surface area contributed by atoms with Crippen LogP contribution in [0.25, 0.3) is 16.9 Å². The summed E-state index contributed by atoms with van der Waals surface area (Å²) in [6.07, 6.45) is 4.91. The van der Waals surface area contributed by atoms with Crippen molar-refractivity contribution >= 4 is 40.7 Å². The highest BCUT2D eigenvalue weighted by molar-refractivity contribution is 6.32. The summed E-state index contributed by atoms with van der Waals surface area (Å²) >= 11 is 18.5. The van der Waals surface area contributed by atoms with Gasteiger partial charge in [0.15, 0.2) is 0 Å². The van der Waals surface area contributed by atoms with Crippen LogP contribution < -0.4 is 5.32 Å². The molecule has 4 nitrogen and oxygen atoms in total. The fourth-order valence-electron chi connectivity index (χ4n) is 4.12. The van der Waals surface area contributed by atoms with E-state index in [2.05, 4.69) is 5.32 Å². The molecule has 1 aliphatic carbocycles. The van der Waals surface area contributed by atoms with E-state index >= 15 is 0 Å². The van der Waals surface area contributed by atoms with Crippen LogP contribution in [0.15, 0.2) is 48.5 Å². The third kappa shape index (κ3) is 4.92. The van der Waals surface area contributed by atoms with Gasteiger partial charge < -0.3 is 5.32 Å². The molecule has 0 saturated carbocycles. The first-order valence-corrected chi connectivity index (χ1v) is 11.9. The summed E-state index contributed by atoms with van der Waals surface area (Å²) in [5, 5.41) is 9.51. The number of carbonyl (C=O) groups excluding carboxylic acids is 1. The number of hydrogen-bond acceptors (Lipinski definition) is 2. The summed E-state index contributed by atoms with van der Waals surface area (Å²) in [7, 11) is 0. The Morgan fingerprint density at radius 1 is 1.10 bits per heavy atom. The number of carbonyl (C=O) groups is 1. The molecular formula is C24H24Cl3N3O. The number of hydrogen-bond donors (Lipinski definition) is 1. The van der Waals surface area contributed by atoms with Gasteiger partial charge in [-0.05, 0) is 49.9 Å². The summed E-state index contributed by atoms with van der Waals surface area (Å²) in [5.74, 6) is 0.490. The highest BCUT2D eigenvalue weighted by Crippen LogP contribution is 2.38. The van der Waals surface area contributed by atoms with Crippen molar-refractivity contribution in [1.82, 2.24) is 15.1 Å². The van der Waals surface area contributed by atoms with Crippen LogP contribution >= 0.6 is 34.8 Å². The minimum atomic E-state index is -0.130. The number of halogens is 3. The van der Waals surface area contributed by atoms with Crippen molar-refractivity contribution in [2.45, 2.75) is 44.6 Å². The quantitative estimate of drug-likeness (QED) is 0.316. The van der Waals surface area contributed by atoms with Crippen molar-refractivity contribution in [3.8, 4) is 16.9 Å². The lowest BCUT2D eigenvalue weighted by Crippen LogP contribution is -2.29. The number of benzene rings is 2. The van der Waals surface area contributed by atoms with Crippen molar-refractivity contribution in [3.63, 3.8) is 0 Å². The van der Waals surface area contributed by atoms with Gasteiger partial charge >= 0.3 is 0 Å². The maximum atomic E-state index is 12.5. The molecule has 1 unspecified atom stereocenters. The zero-order valence-corrected chi connectivity index (χ0v) is 19.4. The average molecular weight is 477 g/mol. The van der Waals surface area contributed by atoms with Crippen LogP contribution in [0.1, 0.15) is 49.4 Å². The molecule has 31 heavy (non-hydrogen) atoms. The Hall–Kier alpha value is -2.01. The molecule has 1 aromatic heterocycles. The molecular weight excluding hydrogens is 453 g/mol. The van der Waals surface area contributed by atoms with E-state index in [9.17, 15) is 4.79 Å². The maximum absolute atomic E-state index is 12.5. The number of alkyl halides is 1. The third-order valence-corrected chi connectivity index (χ3v) is 6.42. The molecule has 0 aliphatic heterocycles. The monoisotopic (exact) mass is 475 g/mol. The van der Waals surface area contributed by atoms with Gasteiger partial charge in [-0.25, -0.2) is 4.68 Å². The van der Waals surface area contributed by atoms with Crippen molar-refractivity contribution < 1.29 is 4.79 Å². The van der Waals surface area contributed by atoms with Crippen LogP contribution in [-0.2, 0) is 11.2 Å². The SMILES string of the molecule is O=C(CCCCl)NC1CCCCc2c1nn(-c1ccccc1Cl)c2-c1ccc(Cl)cc1. The van der Waals surface area contributed by atoms with Crippen LogP contribution in [-0.4, -0.2) is 21.6 Å². The fraction of sp³-hybridized carbons (Fsp3) is 0.333. The molecule has 0 bridgehead atoms. The Morgan fingerprint density at radius 3 is 2.61 bits per heavy atom. The zero-order valence-electron chi connectivity index (χ0n) is 17.1. The minimum absolute atomic E-state index is 0.0128. The summed E-state index contributed by atoms with van der Waals surface area (Å²) in [5.41, 5.74) is 4.91. The Balaban J connectivity index is 1.84. The van der Waals surface area contributed by atoms with Crippen LogP contribution in [0.5, 0.6) is 0 Å². The van der Waals surface area contributed by atoms with E-state index in [1.54, 1.807) is 0 Å². The average Bonchev–Trinajstić information content (AvgIpc) is 3.03. The molecule has 1 amide bonds. The molecule has 4 rings (SSSR count). The molecule has 2 aromatic carbocycles. The van der Waals surface area contributed by atoms with Crippen LogP contribution in [0, 0.1) is 0 Å². The van der Waals surface area contributed by atoms with Gasteiger partial charge in [0.05, 0.1) is 28.1 Å². The molecule has 1 heterocycles. The third-order valence-electron chi connectivity index (χ3n) is 5.59. The van der Waals surface area contributed by atoms with Crippen LogP contribution in [0.3, 0.4) is 0 Å². The van der Waals surface area contributed by atoms with Gasteiger partial charge in [-0.2, -0.15) is 5.10 Å². The number of fused-ring (bicyclic) bond motifs is 1. The molecule has 1 atom stereocenters. The number of para-hydroxylation sites is 1. The van der Waals surface area contributed by atoms with Crippen molar-refractivity contribution in [2.75, 3.05) is 5.88 Å². The maximum Gasteiger partial charge on any atom is 0.220 e. The normalized spacial score (nSPS) is 15.9. The smallest absolute Gasteiger partial charge is 0.220 e. The Morgan fingerprint density at radius 2 is 1.87 bits per heavy atom. The lowest BCUT2D eigenvalue weighted by Gasteiger charge is -2.16. The lowest BCUT2D eigenvalue weighted by atomic mass is 10.0. The largest absolute Gasteiger partial charge is 0.348 e. The van der Waals surface area contributed by atoms with Crippen molar-refractivity contribution in [2.24, 2.45) is 0 Å². The first kappa shape index (κ1) is 22.2. The number of nitrogens with zero attached hydrogens (tertiary/aromatic N) is 2. The fourth-order valence-corrected chi connectivity index (χ4v) is 4.59. The highest BCUT2D eigenvalue weighted by atomic mass is 35.5. The molecule has 1 aliphatic rings. The lowest BCUT2D eigenvalue weighted by molar-refractivity contribution is -0.121. The van der Waals surface area contributed by atoms with Gasteiger partial charge in [0, 0.05) is 28.5 Å². The van der Waals surface area contributed by atoms with Gasteiger partial charge in [-0.1, -0.05) is 53.9 Å². The van der Waals surface area contributed by atoms with E-state index in [4.69, 9.17) is 39.9 Å². The minimum Gasteiger partial charge on any atom is -0.348 e. The number of aromatic nitrogens is 2. The van der Waals surface area contributed by atoms with Gasteiger partial charge in [-0.15, -0.1) is 11.6 Å². The second kappa shape index (κ2) is 10.1. The second-order valence-electron chi connectivity index (χ2n) is 7.74. The molecule has 0 spiro atoms. The Labute approximate surface area is 197 Å². The van der Waals surface area contributed by atoms with E-state index < -0.39 is 0 Å². The van der Waals surface area contributed by atoms with Crippen molar-refractivity contribution in [1.29, 1.82) is 0 Å². The number of amides is 1. The molecule has 0 saturated heterocycles. The standard InChI is InChI=1S/C24H24Cl3N3O/c25-15-5-10-22(31)28-20-8-3-1-6-18-23(20)29-30(21-9-4-2-7-19(21)27)24(18)16-11-13-17(26)14-12-16/h2,4,7,9,11-14,20H,1,3,5-6,8,10,15H2,(H,28,31). The summed E-state index contributed by atoms with van der Waals surface area (Å²) in [6, 6.07) is 15.3. The summed E-state index contributed by atoms with van der Waals surface area (Å²) in [6.45, 7) is 0. The predicted molar refractivity (Wildman–Crippen MR) is 127 cm³/mol. The first-order valence-electron chi connectivity index (χ1n) is 10.6. The van der Waals surface area contributed by atoms with Crippen LogP contribution in [0.4, 0.5) is 0 Å². The van der Waals surface area contributed by atoms with Gasteiger partial charge in [0.25, 0.3) is 0 Å². The van der Waals surface area contributed by atoms with Gasteiger partial charge in [0.2, 0.25) is 5.91 Å². The Kier molecular flexibility index (Phi) is 7.21. The summed E-state index contributed by atoms with van der Waals surface area (Å²) in [4.78, 5) is 12.5.